The van der Waals surface area contributed by atoms with Crippen LogP contribution in [-0.2, 0) is 20.9 Å². The average Bonchev–Trinajstić information content (AvgIpc) is 3.14. The van der Waals surface area contributed by atoms with Crippen molar-refractivity contribution in [3.63, 3.8) is 0 Å². The highest BCUT2D eigenvalue weighted by Crippen LogP contribution is 2.24. The lowest BCUT2D eigenvalue weighted by atomic mass is 10.0. The lowest BCUT2D eigenvalue weighted by Gasteiger charge is -2.22. The predicted octanol–water partition coefficient (Wildman–Crippen LogP) is 5.39. The maximum Gasteiger partial charge on any atom is 0.408 e. The van der Waals surface area contributed by atoms with Crippen LogP contribution in [0.25, 0.3) is 11.0 Å². The first-order chi connectivity index (χ1) is 15.1. The third-order valence-electron chi connectivity index (χ3n) is 4.83. The van der Waals surface area contributed by atoms with E-state index in [9.17, 15) is 9.59 Å². The molecule has 3 rings (SSSR count). The Balaban J connectivity index is 1.79. The Labute approximate surface area is 188 Å². The molecule has 1 atom stereocenters. The number of nitrogens with one attached hydrogen (secondary N) is 2. The Morgan fingerprint density at radius 2 is 1.81 bits per heavy atom. The van der Waals surface area contributed by atoms with Gasteiger partial charge in [0, 0.05) is 0 Å². The first-order valence-electron chi connectivity index (χ1n) is 10.8. The summed E-state index contributed by atoms with van der Waals surface area (Å²) in [4.78, 5) is 32.9. The van der Waals surface area contributed by atoms with Crippen LogP contribution >= 0.6 is 0 Å². The van der Waals surface area contributed by atoms with Gasteiger partial charge in [-0.3, -0.25) is 4.79 Å². The number of benzene rings is 2. The van der Waals surface area contributed by atoms with Gasteiger partial charge in [0.1, 0.15) is 24.1 Å². The number of ether oxygens (including phenoxy) is 2. The second kappa shape index (κ2) is 9.85. The maximum atomic E-state index is 12.6. The lowest BCUT2D eigenvalue weighted by molar-refractivity contribution is -0.145. The zero-order valence-corrected chi connectivity index (χ0v) is 19.3. The molecule has 1 heterocycles. The molecule has 0 aliphatic heterocycles. The smallest absolute Gasteiger partial charge is 0.408 e. The number of hydrogen-bond donors (Lipinski definition) is 2. The minimum atomic E-state index is -0.719. The van der Waals surface area contributed by atoms with Crippen molar-refractivity contribution >= 4 is 23.1 Å². The van der Waals surface area contributed by atoms with Crippen LogP contribution in [0.15, 0.2) is 48.5 Å². The summed E-state index contributed by atoms with van der Waals surface area (Å²) in [5.74, 6) is 0.400. The van der Waals surface area contributed by atoms with Gasteiger partial charge < -0.3 is 19.8 Å². The first kappa shape index (κ1) is 23.3. The number of nitrogens with zero attached hydrogens (tertiary/aromatic N) is 1. The maximum absolute atomic E-state index is 12.6. The number of rotatable bonds is 7. The zero-order valence-electron chi connectivity index (χ0n) is 19.3. The second-order valence-electron chi connectivity index (χ2n) is 9.10. The van der Waals surface area contributed by atoms with Gasteiger partial charge in [-0.15, -0.1) is 0 Å². The van der Waals surface area contributed by atoms with Crippen molar-refractivity contribution < 1.29 is 19.1 Å². The Kier molecular flexibility index (Phi) is 7.18. The van der Waals surface area contributed by atoms with E-state index < -0.39 is 23.7 Å². The third-order valence-corrected chi connectivity index (χ3v) is 4.83. The van der Waals surface area contributed by atoms with Gasteiger partial charge in [0.05, 0.1) is 17.5 Å². The summed E-state index contributed by atoms with van der Waals surface area (Å²) in [5, 5.41) is 2.76. The molecule has 0 aliphatic carbocycles. The van der Waals surface area contributed by atoms with E-state index in [1.807, 2.05) is 48.5 Å². The third kappa shape index (κ3) is 6.57. The van der Waals surface area contributed by atoms with Gasteiger partial charge in [0.2, 0.25) is 0 Å². The number of esters is 1. The number of imidazole rings is 1. The first-order valence-corrected chi connectivity index (χ1v) is 10.8. The van der Waals surface area contributed by atoms with E-state index in [1.54, 1.807) is 20.8 Å². The Morgan fingerprint density at radius 1 is 1.09 bits per heavy atom. The summed E-state index contributed by atoms with van der Waals surface area (Å²) < 4.78 is 10.8. The molecule has 0 fully saturated rings. The molecule has 7 nitrogen and oxygen atoms in total. The van der Waals surface area contributed by atoms with Crippen molar-refractivity contribution in [2.24, 2.45) is 0 Å². The van der Waals surface area contributed by atoms with Crippen molar-refractivity contribution in [2.75, 3.05) is 0 Å². The molecule has 0 unspecified atom stereocenters. The minimum Gasteiger partial charge on any atom is -0.461 e. The number of carbonyl (C=O) groups is 2. The van der Waals surface area contributed by atoms with E-state index in [1.165, 1.54) is 5.56 Å². The standard InChI is InChI=1S/C25H31N3O4/c1-16(2)18-11-12-19-20(13-18)27-23(26-19)21(28-24(30)32-25(3,4)5)14-22(29)31-15-17-9-7-6-8-10-17/h6-13,16,21H,14-15H2,1-5H3,(H,26,27)(H,28,30)/t21-/m0/s1. The van der Waals surface area contributed by atoms with E-state index in [0.717, 1.165) is 16.6 Å². The van der Waals surface area contributed by atoms with Crippen molar-refractivity contribution in [3.05, 3.63) is 65.5 Å². The number of hydrogen-bond acceptors (Lipinski definition) is 5. The van der Waals surface area contributed by atoms with Gasteiger partial charge in [-0.1, -0.05) is 50.2 Å². The van der Waals surface area contributed by atoms with Crippen LogP contribution in [0.4, 0.5) is 4.79 Å². The number of aromatic amines is 1. The molecule has 3 aromatic rings. The highest BCUT2D eigenvalue weighted by molar-refractivity contribution is 5.77. The molecular weight excluding hydrogens is 406 g/mol. The van der Waals surface area contributed by atoms with Gasteiger partial charge >= 0.3 is 12.1 Å². The molecule has 0 saturated heterocycles. The average molecular weight is 438 g/mol. The van der Waals surface area contributed by atoms with Crippen LogP contribution in [0.3, 0.4) is 0 Å². The molecule has 2 aromatic carbocycles. The Morgan fingerprint density at radius 3 is 2.47 bits per heavy atom. The summed E-state index contributed by atoms with van der Waals surface area (Å²) in [6.45, 7) is 9.75. The molecule has 170 valence electrons. The number of aromatic nitrogens is 2. The van der Waals surface area contributed by atoms with Crippen LogP contribution in [0, 0.1) is 0 Å². The molecule has 7 heteroatoms. The van der Waals surface area contributed by atoms with E-state index in [0.29, 0.717) is 11.7 Å². The summed E-state index contributed by atoms with van der Waals surface area (Å²) in [5.41, 5.74) is 3.01. The summed E-state index contributed by atoms with van der Waals surface area (Å²) in [6.07, 6.45) is -0.704. The fourth-order valence-corrected chi connectivity index (χ4v) is 3.20. The molecule has 1 amide bonds. The molecule has 0 radical (unpaired) electrons. The molecule has 0 aliphatic rings. The van der Waals surface area contributed by atoms with Crippen molar-refractivity contribution in [1.29, 1.82) is 0 Å². The van der Waals surface area contributed by atoms with Gasteiger partial charge in [-0.05, 0) is 49.9 Å². The Bertz CT molecular complexity index is 1070. The molecule has 2 N–H and O–H groups in total. The predicted molar refractivity (Wildman–Crippen MR) is 123 cm³/mol. The van der Waals surface area contributed by atoms with Gasteiger partial charge in [-0.2, -0.15) is 0 Å². The fraction of sp³-hybridized carbons (Fsp3) is 0.400. The topological polar surface area (TPSA) is 93.3 Å². The summed E-state index contributed by atoms with van der Waals surface area (Å²) in [7, 11) is 0. The van der Waals surface area contributed by atoms with Gasteiger partial charge in [0.15, 0.2) is 0 Å². The van der Waals surface area contributed by atoms with Crippen molar-refractivity contribution in [2.45, 2.75) is 65.2 Å². The summed E-state index contributed by atoms with van der Waals surface area (Å²) in [6, 6.07) is 14.7. The normalized spacial score (nSPS) is 12.6. The molecular formula is C25H31N3O4. The van der Waals surface area contributed by atoms with E-state index in [2.05, 4.69) is 29.1 Å². The zero-order chi connectivity index (χ0) is 23.3. The van der Waals surface area contributed by atoms with Crippen LogP contribution < -0.4 is 5.32 Å². The Hall–Kier alpha value is -3.35. The molecule has 0 bridgehead atoms. The van der Waals surface area contributed by atoms with Crippen LogP contribution in [0.5, 0.6) is 0 Å². The number of H-pyrrole nitrogens is 1. The number of amides is 1. The number of carbonyl (C=O) groups excluding carboxylic acids is 2. The quantitative estimate of drug-likeness (QED) is 0.484. The van der Waals surface area contributed by atoms with Gasteiger partial charge in [-0.25, -0.2) is 9.78 Å². The lowest BCUT2D eigenvalue weighted by Crippen LogP contribution is -2.36. The highest BCUT2D eigenvalue weighted by Gasteiger charge is 2.25. The number of alkyl carbamates (subject to hydrolysis) is 1. The minimum absolute atomic E-state index is 0.0804. The largest absolute Gasteiger partial charge is 0.461 e. The molecule has 0 spiro atoms. The SMILES string of the molecule is CC(C)c1ccc2nc([C@H](CC(=O)OCc3ccccc3)NC(=O)OC(C)(C)C)[nH]c2c1. The number of fused-ring (bicyclic) bond motifs is 1. The van der Waals surface area contributed by atoms with Crippen LogP contribution in [-0.4, -0.2) is 27.6 Å². The molecule has 32 heavy (non-hydrogen) atoms. The van der Waals surface area contributed by atoms with Crippen LogP contribution in [0.2, 0.25) is 0 Å². The second-order valence-corrected chi connectivity index (χ2v) is 9.10. The van der Waals surface area contributed by atoms with Crippen molar-refractivity contribution in [3.8, 4) is 0 Å². The monoisotopic (exact) mass is 437 g/mol. The molecule has 0 saturated carbocycles. The van der Waals surface area contributed by atoms with Crippen LogP contribution in [0.1, 0.15) is 70.0 Å². The molecule has 1 aromatic heterocycles. The van der Waals surface area contributed by atoms with Crippen molar-refractivity contribution in [1.82, 2.24) is 15.3 Å². The van der Waals surface area contributed by atoms with E-state index in [4.69, 9.17) is 9.47 Å². The highest BCUT2D eigenvalue weighted by atomic mass is 16.6. The van der Waals surface area contributed by atoms with E-state index >= 15 is 0 Å². The fourth-order valence-electron chi connectivity index (χ4n) is 3.20. The summed E-state index contributed by atoms with van der Waals surface area (Å²) >= 11 is 0. The van der Waals surface area contributed by atoms with Gasteiger partial charge in [0.25, 0.3) is 0 Å². The van der Waals surface area contributed by atoms with E-state index in [-0.39, 0.29) is 13.0 Å².